The molecule has 1 saturated heterocycles. The van der Waals surface area contributed by atoms with Crippen molar-refractivity contribution < 1.29 is 14.6 Å². The summed E-state index contributed by atoms with van der Waals surface area (Å²) in [6.45, 7) is 3.43. The molecule has 6 nitrogen and oxygen atoms in total. The average Bonchev–Trinajstić information content (AvgIpc) is 2.45. The summed E-state index contributed by atoms with van der Waals surface area (Å²) >= 11 is 0. The predicted molar refractivity (Wildman–Crippen MR) is 76.2 cm³/mol. The number of para-hydroxylation sites is 1. The Bertz CT molecular complexity index is 482. The molecule has 1 aromatic rings. The van der Waals surface area contributed by atoms with E-state index in [1.54, 1.807) is 12.3 Å². The standard InChI is InChI=1S/C14H19N3O3/c1-16-6-8-17(9-7-16)15-10-12-4-2-3-5-13(12)20-11-14(18)19/h2-5,10H,6-9,11H2,1H3,(H,18,19). The highest BCUT2D eigenvalue weighted by atomic mass is 16.5. The molecule has 0 unspecified atom stereocenters. The Balaban J connectivity index is 1.99. The van der Waals surface area contributed by atoms with E-state index in [4.69, 9.17) is 9.84 Å². The number of hydrazone groups is 1. The molecule has 108 valence electrons. The monoisotopic (exact) mass is 277 g/mol. The maximum absolute atomic E-state index is 10.5. The van der Waals surface area contributed by atoms with Gasteiger partial charge in [0.25, 0.3) is 0 Å². The third kappa shape index (κ3) is 4.24. The second-order valence-electron chi connectivity index (χ2n) is 4.72. The first-order chi connectivity index (χ1) is 9.65. The third-order valence-electron chi connectivity index (χ3n) is 3.11. The van der Waals surface area contributed by atoms with Gasteiger partial charge in [-0.1, -0.05) is 12.1 Å². The van der Waals surface area contributed by atoms with Gasteiger partial charge in [-0.05, 0) is 19.2 Å². The van der Waals surface area contributed by atoms with Gasteiger partial charge in [0.1, 0.15) is 5.75 Å². The normalized spacial score (nSPS) is 16.6. The highest BCUT2D eigenvalue weighted by Crippen LogP contribution is 2.16. The SMILES string of the molecule is CN1CCN(N=Cc2ccccc2OCC(=O)O)CC1. The van der Waals surface area contributed by atoms with Crippen LogP contribution < -0.4 is 4.74 Å². The fraction of sp³-hybridized carbons (Fsp3) is 0.429. The number of piperazine rings is 1. The van der Waals surface area contributed by atoms with Gasteiger partial charge in [-0.2, -0.15) is 5.10 Å². The van der Waals surface area contributed by atoms with Gasteiger partial charge in [-0.3, -0.25) is 5.01 Å². The predicted octanol–water partition coefficient (Wildman–Crippen LogP) is 0.731. The van der Waals surface area contributed by atoms with E-state index in [1.165, 1.54) is 0 Å². The zero-order valence-corrected chi connectivity index (χ0v) is 11.5. The lowest BCUT2D eigenvalue weighted by Crippen LogP contribution is -2.41. The maximum Gasteiger partial charge on any atom is 0.341 e. The number of nitrogens with zero attached hydrogens (tertiary/aromatic N) is 3. The summed E-state index contributed by atoms with van der Waals surface area (Å²) in [7, 11) is 2.09. The zero-order valence-electron chi connectivity index (χ0n) is 11.5. The molecule has 6 heteroatoms. The summed E-state index contributed by atoms with van der Waals surface area (Å²) in [5.41, 5.74) is 0.785. The van der Waals surface area contributed by atoms with Crippen molar-refractivity contribution in [3.63, 3.8) is 0 Å². The summed E-state index contributed by atoms with van der Waals surface area (Å²) in [5, 5.41) is 15.1. The third-order valence-corrected chi connectivity index (χ3v) is 3.11. The van der Waals surface area contributed by atoms with Crippen LogP contribution in [0.25, 0.3) is 0 Å². The lowest BCUT2D eigenvalue weighted by molar-refractivity contribution is -0.139. The van der Waals surface area contributed by atoms with E-state index in [1.807, 2.05) is 23.2 Å². The van der Waals surface area contributed by atoms with E-state index in [9.17, 15) is 4.79 Å². The van der Waals surface area contributed by atoms with Crippen LogP contribution in [0.1, 0.15) is 5.56 Å². The number of rotatable bonds is 5. The van der Waals surface area contributed by atoms with E-state index < -0.39 is 5.97 Å². The van der Waals surface area contributed by atoms with Gasteiger partial charge in [-0.25, -0.2) is 4.79 Å². The molecule has 1 fully saturated rings. The number of hydrogen-bond donors (Lipinski definition) is 1. The molecule has 0 aromatic heterocycles. The Hall–Kier alpha value is -2.08. The van der Waals surface area contributed by atoms with E-state index >= 15 is 0 Å². The molecule has 1 aliphatic rings. The van der Waals surface area contributed by atoms with E-state index in [2.05, 4.69) is 17.0 Å². The molecular formula is C14H19N3O3. The topological polar surface area (TPSA) is 65.4 Å². The number of carboxylic acids is 1. The molecule has 0 amide bonds. The Labute approximate surface area is 118 Å². The lowest BCUT2D eigenvalue weighted by Gasteiger charge is -2.30. The smallest absolute Gasteiger partial charge is 0.341 e. The number of likely N-dealkylation sites (N-methyl/N-ethyl adjacent to an activating group) is 1. The highest BCUT2D eigenvalue weighted by Gasteiger charge is 2.11. The summed E-state index contributed by atoms with van der Waals surface area (Å²) < 4.78 is 5.24. The number of hydrogen-bond acceptors (Lipinski definition) is 5. The van der Waals surface area contributed by atoms with Crippen LogP contribution in [-0.4, -0.2) is 67.0 Å². The molecule has 0 bridgehead atoms. The second kappa shape index (κ2) is 6.91. The highest BCUT2D eigenvalue weighted by molar-refractivity contribution is 5.83. The first-order valence-corrected chi connectivity index (χ1v) is 6.56. The van der Waals surface area contributed by atoms with Crippen molar-refractivity contribution in [1.82, 2.24) is 9.91 Å². The van der Waals surface area contributed by atoms with Crippen LogP contribution >= 0.6 is 0 Å². The molecule has 1 aliphatic heterocycles. The molecule has 2 rings (SSSR count). The summed E-state index contributed by atoms with van der Waals surface area (Å²) in [6, 6.07) is 7.29. The van der Waals surface area contributed by atoms with Crippen LogP contribution in [0.5, 0.6) is 5.75 Å². The van der Waals surface area contributed by atoms with Crippen LogP contribution in [0, 0.1) is 0 Å². The molecule has 0 aliphatic carbocycles. The minimum absolute atomic E-state index is 0.348. The van der Waals surface area contributed by atoms with Gasteiger partial charge in [0.15, 0.2) is 6.61 Å². The molecule has 1 aromatic carbocycles. The number of benzene rings is 1. The van der Waals surface area contributed by atoms with Gasteiger partial charge in [0.2, 0.25) is 0 Å². The van der Waals surface area contributed by atoms with E-state index in [-0.39, 0.29) is 6.61 Å². The minimum atomic E-state index is -0.990. The number of carbonyl (C=O) groups is 1. The molecule has 0 atom stereocenters. The molecular weight excluding hydrogens is 258 g/mol. The lowest BCUT2D eigenvalue weighted by atomic mass is 10.2. The van der Waals surface area contributed by atoms with Crippen molar-refractivity contribution in [1.29, 1.82) is 0 Å². The first kappa shape index (κ1) is 14.3. The maximum atomic E-state index is 10.5. The van der Waals surface area contributed by atoms with E-state index in [0.717, 1.165) is 31.7 Å². The number of ether oxygens (including phenoxy) is 1. The summed E-state index contributed by atoms with van der Waals surface area (Å²) in [6.07, 6.45) is 1.72. The summed E-state index contributed by atoms with van der Waals surface area (Å²) in [5.74, 6) is -0.455. The molecule has 1 heterocycles. The molecule has 0 spiro atoms. The van der Waals surface area contributed by atoms with Gasteiger partial charge >= 0.3 is 5.97 Å². The van der Waals surface area contributed by atoms with Crippen LogP contribution in [0.15, 0.2) is 29.4 Å². The number of aliphatic carboxylic acids is 1. The van der Waals surface area contributed by atoms with Crippen molar-refractivity contribution in [2.45, 2.75) is 0 Å². The number of carboxylic acid groups (broad SMARTS) is 1. The van der Waals surface area contributed by atoms with E-state index in [0.29, 0.717) is 5.75 Å². The van der Waals surface area contributed by atoms with Gasteiger partial charge < -0.3 is 14.7 Å². The minimum Gasteiger partial charge on any atom is -0.481 e. The van der Waals surface area contributed by atoms with Crippen molar-refractivity contribution in [2.75, 3.05) is 39.8 Å². The molecule has 0 radical (unpaired) electrons. The Kier molecular flexibility index (Phi) is 4.95. The molecule has 0 saturated carbocycles. The Morgan fingerprint density at radius 2 is 2.05 bits per heavy atom. The fourth-order valence-electron chi connectivity index (χ4n) is 1.91. The van der Waals surface area contributed by atoms with Gasteiger partial charge in [0.05, 0.1) is 6.21 Å². The van der Waals surface area contributed by atoms with Crippen LogP contribution in [0.3, 0.4) is 0 Å². The van der Waals surface area contributed by atoms with Crippen molar-refractivity contribution in [2.24, 2.45) is 5.10 Å². The Morgan fingerprint density at radius 3 is 2.75 bits per heavy atom. The first-order valence-electron chi connectivity index (χ1n) is 6.56. The van der Waals surface area contributed by atoms with Gasteiger partial charge in [-0.15, -0.1) is 0 Å². The van der Waals surface area contributed by atoms with Gasteiger partial charge in [0, 0.05) is 31.7 Å². The quantitative estimate of drug-likeness (QED) is 0.804. The van der Waals surface area contributed by atoms with Crippen LogP contribution in [0.2, 0.25) is 0 Å². The van der Waals surface area contributed by atoms with Crippen molar-refractivity contribution >= 4 is 12.2 Å². The van der Waals surface area contributed by atoms with Crippen LogP contribution in [-0.2, 0) is 4.79 Å². The average molecular weight is 277 g/mol. The largest absolute Gasteiger partial charge is 0.481 e. The molecule has 1 N–H and O–H groups in total. The van der Waals surface area contributed by atoms with Crippen molar-refractivity contribution in [3.8, 4) is 5.75 Å². The zero-order chi connectivity index (χ0) is 14.4. The second-order valence-corrected chi connectivity index (χ2v) is 4.72. The van der Waals surface area contributed by atoms with Crippen molar-refractivity contribution in [3.05, 3.63) is 29.8 Å². The molecule has 20 heavy (non-hydrogen) atoms. The Morgan fingerprint density at radius 1 is 1.35 bits per heavy atom. The van der Waals surface area contributed by atoms with Crippen LogP contribution in [0.4, 0.5) is 0 Å². The summed E-state index contributed by atoms with van der Waals surface area (Å²) in [4.78, 5) is 12.8. The fourth-order valence-corrected chi connectivity index (χ4v) is 1.91.